The van der Waals surface area contributed by atoms with Gasteiger partial charge in [0.2, 0.25) is 0 Å². The van der Waals surface area contributed by atoms with E-state index in [1.54, 1.807) is 32.0 Å². The number of ether oxygens (including phenoxy) is 1. The summed E-state index contributed by atoms with van der Waals surface area (Å²) in [5, 5.41) is 13.1. The van der Waals surface area contributed by atoms with Crippen LogP contribution in [-0.4, -0.2) is 29.8 Å². The normalized spacial score (nSPS) is 13.0. The van der Waals surface area contributed by atoms with Crippen LogP contribution in [0.15, 0.2) is 22.7 Å². The van der Waals surface area contributed by atoms with E-state index in [4.69, 9.17) is 0 Å². The molecule has 0 aliphatic heterocycles. The van der Waals surface area contributed by atoms with Gasteiger partial charge < -0.3 is 15.2 Å². The van der Waals surface area contributed by atoms with Crippen molar-refractivity contribution in [2.24, 2.45) is 0 Å². The molecule has 0 fully saturated rings. The second-order valence-corrected chi connectivity index (χ2v) is 5.56. The van der Waals surface area contributed by atoms with Crippen LogP contribution >= 0.6 is 15.9 Å². The summed E-state index contributed by atoms with van der Waals surface area (Å²) in [6, 6.07) is 4.97. The van der Waals surface area contributed by atoms with Gasteiger partial charge in [0.05, 0.1) is 24.3 Å². The topological polar surface area (TPSA) is 58.6 Å². The summed E-state index contributed by atoms with van der Waals surface area (Å²) in [6.45, 7) is 5.32. The Labute approximate surface area is 115 Å². The van der Waals surface area contributed by atoms with Gasteiger partial charge in [-0.1, -0.05) is 0 Å². The first kappa shape index (κ1) is 15.0. The molecule has 1 atom stereocenters. The van der Waals surface area contributed by atoms with E-state index < -0.39 is 5.60 Å². The van der Waals surface area contributed by atoms with Crippen LogP contribution in [0.3, 0.4) is 0 Å². The highest BCUT2D eigenvalue weighted by atomic mass is 79.9. The lowest BCUT2D eigenvalue weighted by atomic mass is 10.0. The summed E-state index contributed by atoms with van der Waals surface area (Å²) in [6.07, 6.45) is 0. The molecule has 0 aliphatic carbocycles. The van der Waals surface area contributed by atoms with E-state index in [1.165, 1.54) is 7.11 Å². The molecule has 0 bridgehead atoms. The molecule has 1 aromatic carbocycles. The van der Waals surface area contributed by atoms with Crippen molar-refractivity contribution in [2.45, 2.75) is 32.4 Å². The second-order valence-electron chi connectivity index (χ2n) is 4.71. The first-order valence-corrected chi connectivity index (χ1v) is 6.41. The number of hydrogen-bond acceptors (Lipinski definition) is 4. The van der Waals surface area contributed by atoms with Crippen LogP contribution in [0.4, 0.5) is 5.69 Å². The Kier molecular flexibility index (Phi) is 4.76. The number of halogens is 1. The highest BCUT2D eigenvalue weighted by molar-refractivity contribution is 9.10. The summed E-state index contributed by atoms with van der Waals surface area (Å²) in [5.41, 5.74) is 0.347. The van der Waals surface area contributed by atoms with Gasteiger partial charge in [-0.15, -0.1) is 0 Å². The number of nitrogens with one attached hydrogen (secondary N) is 1. The molecule has 4 nitrogen and oxygen atoms in total. The van der Waals surface area contributed by atoms with Gasteiger partial charge in [-0.25, -0.2) is 4.79 Å². The number of aliphatic hydroxyl groups is 1. The van der Waals surface area contributed by atoms with Crippen molar-refractivity contribution in [3.8, 4) is 0 Å². The second kappa shape index (κ2) is 5.71. The van der Waals surface area contributed by atoms with Gasteiger partial charge in [-0.05, 0) is 54.9 Å². The number of methoxy groups -OCH3 is 1. The standard InChI is InChI=1S/C13H18BrNO3/c1-8(13(2,3)17)15-11-7-9(12(16)18-4)5-6-10(11)14/h5-8,15,17H,1-4H3. The van der Waals surface area contributed by atoms with Gasteiger partial charge in [0.15, 0.2) is 0 Å². The van der Waals surface area contributed by atoms with Crippen molar-refractivity contribution >= 4 is 27.6 Å². The molecule has 1 rings (SSSR count). The third-order valence-corrected chi connectivity index (χ3v) is 3.51. The van der Waals surface area contributed by atoms with Crippen LogP contribution in [-0.2, 0) is 4.74 Å². The molecular formula is C13H18BrNO3. The number of hydrogen-bond donors (Lipinski definition) is 2. The fourth-order valence-corrected chi connectivity index (χ4v) is 1.65. The number of benzene rings is 1. The average Bonchev–Trinajstić information content (AvgIpc) is 2.29. The number of anilines is 1. The van der Waals surface area contributed by atoms with Gasteiger partial charge in [-0.2, -0.15) is 0 Å². The van der Waals surface area contributed by atoms with Crippen LogP contribution in [0.2, 0.25) is 0 Å². The van der Waals surface area contributed by atoms with Crippen molar-refractivity contribution in [3.05, 3.63) is 28.2 Å². The van der Waals surface area contributed by atoms with Crippen molar-refractivity contribution < 1.29 is 14.6 Å². The summed E-state index contributed by atoms with van der Waals surface area (Å²) in [5.74, 6) is -0.388. The van der Waals surface area contributed by atoms with Crippen LogP contribution in [0.25, 0.3) is 0 Å². The molecule has 0 amide bonds. The Morgan fingerprint density at radius 3 is 2.61 bits per heavy atom. The predicted octanol–water partition coefficient (Wildman–Crippen LogP) is 2.81. The Hall–Kier alpha value is -1.07. The summed E-state index contributed by atoms with van der Waals surface area (Å²) in [7, 11) is 1.34. The molecule has 2 N–H and O–H groups in total. The number of esters is 1. The Morgan fingerprint density at radius 2 is 2.11 bits per heavy atom. The molecule has 0 aromatic heterocycles. The molecule has 5 heteroatoms. The quantitative estimate of drug-likeness (QED) is 0.839. The molecule has 0 spiro atoms. The predicted molar refractivity (Wildman–Crippen MR) is 74.9 cm³/mol. The van der Waals surface area contributed by atoms with E-state index in [1.807, 2.05) is 6.92 Å². The minimum atomic E-state index is -0.860. The average molecular weight is 316 g/mol. The van der Waals surface area contributed by atoms with Crippen molar-refractivity contribution in [2.75, 3.05) is 12.4 Å². The Bertz CT molecular complexity index is 440. The van der Waals surface area contributed by atoms with E-state index in [9.17, 15) is 9.90 Å². The molecule has 0 heterocycles. The molecule has 1 aromatic rings. The first-order valence-electron chi connectivity index (χ1n) is 5.62. The summed E-state index contributed by atoms with van der Waals surface area (Å²) < 4.78 is 5.50. The van der Waals surface area contributed by atoms with Gasteiger partial charge in [-0.3, -0.25) is 0 Å². The van der Waals surface area contributed by atoms with Crippen LogP contribution in [0.5, 0.6) is 0 Å². The molecule has 1 unspecified atom stereocenters. The van der Waals surface area contributed by atoms with Crippen molar-refractivity contribution in [1.82, 2.24) is 0 Å². The molecular weight excluding hydrogens is 298 g/mol. The summed E-state index contributed by atoms with van der Waals surface area (Å²) >= 11 is 3.40. The third kappa shape index (κ3) is 3.71. The minimum absolute atomic E-state index is 0.165. The maximum absolute atomic E-state index is 11.4. The van der Waals surface area contributed by atoms with Crippen LogP contribution in [0.1, 0.15) is 31.1 Å². The van der Waals surface area contributed by atoms with Crippen LogP contribution in [0, 0.1) is 0 Å². The molecule has 0 aliphatic rings. The van der Waals surface area contributed by atoms with Crippen molar-refractivity contribution in [1.29, 1.82) is 0 Å². The number of carbonyl (C=O) groups is 1. The number of rotatable bonds is 4. The lowest BCUT2D eigenvalue weighted by Gasteiger charge is -2.28. The third-order valence-electron chi connectivity index (χ3n) is 2.82. The smallest absolute Gasteiger partial charge is 0.337 e. The SMILES string of the molecule is COC(=O)c1ccc(Br)c(NC(C)C(C)(C)O)c1. The van der Waals surface area contributed by atoms with Gasteiger partial charge >= 0.3 is 5.97 Å². The molecule has 18 heavy (non-hydrogen) atoms. The molecule has 0 saturated heterocycles. The van der Waals surface area contributed by atoms with E-state index >= 15 is 0 Å². The zero-order chi connectivity index (χ0) is 13.9. The van der Waals surface area contributed by atoms with Crippen molar-refractivity contribution in [3.63, 3.8) is 0 Å². The van der Waals surface area contributed by atoms with Gasteiger partial charge in [0.25, 0.3) is 0 Å². The lowest BCUT2D eigenvalue weighted by molar-refractivity contribution is 0.0600. The Balaban J connectivity index is 2.98. The first-order chi connectivity index (χ1) is 8.25. The summed E-state index contributed by atoms with van der Waals surface area (Å²) in [4.78, 5) is 11.4. The van der Waals surface area contributed by atoms with E-state index in [-0.39, 0.29) is 12.0 Å². The minimum Gasteiger partial charge on any atom is -0.465 e. The zero-order valence-corrected chi connectivity index (χ0v) is 12.5. The van der Waals surface area contributed by atoms with Gasteiger partial charge in [0.1, 0.15) is 0 Å². The van der Waals surface area contributed by atoms with E-state index in [0.29, 0.717) is 5.56 Å². The maximum atomic E-state index is 11.4. The highest BCUT2D eigenvalue weighted by Crippen LogP contribution is 2.26. The molecule has 0 radical (unpaired) electrons. The maximum Gasteiger partial charge on any atom is 0.337 e. The fraction of sp³-hybridized carbons (Fsp3) is 0.462. The van der Waals surface area contributed by atoms with E-state index in [0.717, 1.165) is 10.2 Å². The molecule has 0 saturated carbocycles. The van der Waals surface area contributed by atoms with Gasteiger partial charge in [0, 0.05) is 10.2 Å². The number of carbonyl (C=O) groups excluding carboxylic acids is 1. The lowest BCUT2D eigenvalue weighted by Crippen LogP contribution is -2.39. The fourth-order valence-electron chi connectivity index (χ4n) is 1.29. The van der Waals surface area contributed by atoms with E-state index in [2.05, 4.69) is 26.0 Å². The van der Waals surface area contributed by atoms with Crippen LogP contribution < -0.4 is 5.32 Å². The zero-order valence-electron chi connectivity index (χ0n) is 11.0. The Morgan fingerprint density at radius 1 is 1.50 bits per heavy atom. The largest absolute Gasteiger partial charge is 0.465 e. The monoisotopic (exact) mass is 315 g/mol. The molecule has 100 valence electrons. The highest BCUT2D eigenvalue weighted by Gasteiger charge is 2.23.